The Morgan fingerprint density at radius 2 is 2.00 bits per heavy atom. The highest BCUT2D eigenvalue weighted by atomic mass is 79.9. The van der Waals surface area contributed by atoms with Crippen molar-refractivity contribution >= 4 is 34.2 Å². The van der Waals surface area contributed by atoms with Crippen LogP contribution in [0.2, 0.25) is 0 Å². The minimum absolute atomic E-state index is 0. The summed E-state index contributed by atoms with van der Waals surface area (Å²) in [6.45, 7) is 4.30. The van der Waals surface area contributed by atoms with E-state index in [0.29, 0.717) is 11.0 Å². The molecule has 0 aliphatic rings. The van der Waals surface area contributed by atoms with Crippen molar-refractivity contribution in [1.82, 2.24) is 5.32 Å². The van der Waals surface area contributed by atoms with Gasteiger partial charge in [-0.05, 0) is 47.0 Å². The fourth-order valence-corrected chi connectivity index (χ4v) is 2.17. The second-order valence-corrected chi connectivity index (χ2v) is 5.12. The van der Waals surface area contributed by atoms with Crippen molar-refractivity contribution < 1.29 is 9.18 Å². The number of halogens is 3. The van der Waals surface area contributed by atoms with Gasteiger partial charge in [-0.25, -0.2) is 4.39 Å². The fourth-order valence-electron chi connectivity index (χ4n) is 1.75. The Balaban J connectivity index is 0.00000324. The molecule has 0 radical (unpaired) electrons. The minimum Gasteiger partial charge on any atom is -0.345 e. The third-order valence-corrected chi connectivity index (χ3v) is 3.99. The topological polar surface area (TPSA) is 55.1 Å². The average molecular weight is 354 g/mol. The number of hydrogen-bond acceptors (Lipinski definition) is 2. The van der Waals surface area contributed by atoms with Crippen LogP contribution in [0, 0.1) is 5.82 Å². The van der Waals surface area contributed by atoms with Crippen molar-refractivity contribution in [2.24, 2.45) is 5.73 Å². The van der Waals surface area contributed by atoms with Crippen LogP contribution in [-0.4, -0.2) is 18.0 Å². The van der Waals surface area contributed by atoms with E-state index >= 15 is 0 Å². The summed E-state index contributed by atoms with van der Waals surface area (Å²) in [5, 5.41) is 2.90. The molecule has 0 bridgehead atoms. The molecule has 108 valence electrons. The minimum atomic E-state index is -0.435. The summed E-state index contributed by atoms with van der Waals surface area (Å²) in [5.41, 5.74) is 5.58. The lowest BCUT2D eigenvalue weighted by molar-refractivity contribution is 0.0894. The molecule has 0 saturated carbocycles. The Hall–Kier alpha value is -0.650. The molecule has 3 N–H and O–H groups in total. The summed E-state index contributed by atoms with van der Waals surface area (Å²) < 4.78 is 13.7. The van der Waals surface area contributed by atoms with E-state index in [1.54, 1.807) is 0 Å². The van der Waals surface area contributed by atoms with Crippen molar-refractivity contribution in [2.75, 3.05) is 6.54 Å². The number of carbonyl (C=O) groups excluding carboxylic acids is 1. The zero-order valence-electron chi connectivity index (χ0n) is 11.0. The maximum atomic E-state index is 13.2. The Labute approximate surface area is 127 Å². The van der Waals surface area contributed by atoms with Crippen LogP contribution in [0.3, 0.4) is 0 Å². The molecule has 3 nitrogen and oxygen atoms in total. The number of nitrogens with one attached hydrogen (secondary N) is 1. The first-order valence-corrected chi connectivity index (χ1v) is 6.75. The maximum Gasteiger partial charge on any atom is 0.253 e. The smallest absolute Gasteiger partial charge is 0.253 e. The summed E-state index contributed by atoms with van der Waals surface area (Å²) in [4.78, 5) is 12.1. The van der Waals surface area contributed by atoms with E-state index < -0.39 is 11.4 Å². The number of benzene rings is 1. The van der Waals surface area contributed by atoms with Gasteiger partial charge in [-0.2, -0.15) is 0 Å². The summed E-state index contributed by atoms with van der Waals surface area (Å²) in [5.74, 6) is -0.745. The second-order valence-electron chi connectivity index (χ2n) is 4.27. The van der Waals surface area contributed by atoms with E-state index in [9.17, 15) is 9.18 Å². The average Bonchev–Trinajstić information content (AvgIpc) is 2.38. The monoisotopic (exact) mass is 352 g/mol. The van der Waals surface area contributed by atoms with Gasteiger partial charge in [0.1, 0.15) is 5.82 Å². The Morgan fingerprint density at radius 3 is 2.47 bits per heavy atom. The molecule has 1 aromatic carbocycles. The molecular weight excluding hydrogens is 335 g/mol. The molecule has 0 saturated heterocycles. The molecule has 0 fully saturated rings. The normalized spacial score (nSPS) is 10.8. The highest BCUT2D eigenvalue weighted by Crippen LogP contribution is 2.20. The van der Waals surface area contributed by atoms with Crippen LogP contribution in [-0.2, 0) is 0 Å². The molecule has 0 aliphatic heterocycles. The molecule has 1 aromatic rings. The van der Waals surface area contributed by atoms with E-state index in [4.69, 9.17) is 5.73 Å². The van der Waals surface area contributed by atoms with Gasteiger partial charge in [0.15, 0.2) is 0 Å². The quantitative estimate of drug-likeness (QED) is 0.853. The van der Waals surface area contributed by atoms with Gasteiger partial charge in [-0.15, -0.1) is 12.4 Å². The van der Waals surface area contributed by atoms with E-state index in [2.05, 4.69) is 21.2 Å². The molecule has 1 rings (SSSR count). The standard InChI is InChI=1S/C13H18BrFN2O.ClH/c1-3-13(4-2,8-16)17-12(18)10-7-9(15)5-6-11(10)14;/h5-7H,3-4,8,16H2,1-2H3,(H,17,18);1H. The van der Waals surface area contributed by atoms with Gasteiger partial charge < -0.3 is 11.1 Å². The zero-order chi connectivity index (χ0) is 13.8. The van der Waals surface area contributed by atoms with Crippen LogP contribution in [0.15, 0.2) is 22.7 Å². The van der Waals surface area contributed by atoms with Crippen LogP contribution in [0.4, 0.5) is 4.39 Å². The number of hydrogen-bond donors (Lipinski definition) is 2. The Bertz CT molecular complexity index is 430. The highest BCUT2D eigenvalue weighted by Gasteiger charge is 2.27. The predicted octanol–water partition coefficient (Wildman–Crippen LogP) is 3.26. The predicted molar refractivity (Wildman–Crippen MR) is 81.2 cm³/mol. The maximum absolute atomic E-state index is 13.2. The van der Waals surface area contributed by atoms with Gasteiger partial charge in [0.2, 0.25) is 0 Å². The molecule has 0 spiro atoms. The van der Waals surface area contributed by atoms with E-state index in [1.165, 1.54) is 18.2 Å². The third kappa shape index (κ3) is 4.44. The van der Waals surface area contributed by atoms with Crippen LogP contribution in [0.5, 0.6) is 0 Å². The molecule has 1 amide bonds. The summed E-state index contributed by atoms with van der Waals surface area (Å²) in [6, 6.07) is 4.04. The van der Waals surface area contributed by atoms with E-state index in [-0.39, 0.29) is 23.9 Å². The second kappa shape index (κ2) is 7.82. The summed E-state index contributed by atoms with van der Waals surface area (Å²) >= 11 is 3.25. The first kappa shape index (κ1) is 18.4. The van der Waals surface area contributed by atoms with Gasteiger partial charge in [0.05, 0.1) is 11.1 Å². The molecule has 0 aliphatic carbocycles. The van der Waals surface area contributed by atoms with Crippen LogP contribution in [0.25, 0.3) is 0 Å². The zero-order valence-corrected chi connectivity index (χ0v) is 13.4. The van der Waals surface area contributed by atoms with Crippen LogP contribution < -0.4 is 11.1 Å². The lowest BCUT2D eigenvalue weighted by Gasteiger charge is -2.31. The van der Waals surface area contributed by atoms with Gasteiger partial charge in [-0.1, -0.05) is 13.8 Å². The Kier molecular flexibility index (Phi) is 7.55. The van der Waals surface area contributed by atoms with Crippen molar-refractivity contribution in [3.63, 3.8) is 0 Å². The first-order valence-electron chi connectivity index (χ1n) is 5.95. The number of amides is 1. The van der Waals surface area contributed by atoms with Gasteiger partial charge in [-0.3, -0.25) is 4.79 Å². The largest absolute Gasteiger partial charge is 0.345 e. The molecule has 0 aromatic heterocycles. The first-order chi connectivity index (χ1) is 8.48. The fraction of sp³-hybridized carbons (Fsp3) is 0.462. The van der Waals surface area contributed by atoms with Crippen LogP contribution >= 0.6 is 28.3 Å². The van der Waals surface area contributed by atoms with Gasteiger partial charge >= 0.3 is 0 Å². The van der Waals surface area contributed by atoms with Crippen LogP contribution in [0.1, 0.15) is 37.0 Å². The molecule has 0 unspecified atom stereocenters. The lowest BCUT2D eigenvalue weighted by Crippen LogP contribution is -2.52. The summed E-state index contributed by atoms with van der Waals surface area (Å²) in [6.07, 6.45) is 1.47. The highest BCUT2D eigenvalue weighted by molar-refractivity contribution is 9.10. The lowest BCUT2D eigenvalue weighted by atomic mass is 9.92. The Morgan fingerprint density at radius 1 is 1.42 bits per heavy atom. The van der Waals surface area contributed by atoms with Crippen molar-refractivity contribution in [1.29, 1.82) is 0 Å². The van der Waals surface area contributed by atoms with E-state index in [1.807, 2.05) is 13.8 Å². The SMILES string of the molecule is CCC(CC)(CN)NC(=O)c1cc(F)ccc1Br.Cl. The van der Waals surface area contributed by atoms with Crippen molar-refractivity contribution in [2.45, 2.75) is 32.2 Å². The molecular formula is C13H19BrClFN2O. The number of nitrogens with two attached hydrogens (primary N) is 1. The number of rotatable bonds is 5. The van der Waals surface area contributed by atoms with Crippen molar-refractivity contribution in [3.05, 3.63) is 34.1 Å². The molecule has 6 heteroatoms. The van der Waals surface area contributed by atoms with Crippen molar-refractivity contribution in [3.8, 4) is 0 Å². The molecule has 19 heavy (non-hydrogen) atoms. The van der Waals surface area contributed by atoms with E-state index in [0.717, 1.165) is 12.8 Å². The van der Waals surface area contributed by atoms with Gasteiger partial charge in [0.25, 0.3) is 5.91 Å². The third-order valence-electron chi connectivity index (χ3n) is 3.30. The number of carbonyl (C=O) groups is 1. The van der Waals surface area contributed by atoms with Gasteiger partial charge in [0, 0.05) is 11.0 Å². The summed E-state index contributed by atoms with van der Waals surface area (Å²) in [7, 11) is 0. The molecule has 0 heterocycles. The molecule has 0 atom stereocenters.